The van der Waals surface area contributed by atoms with Crippen LogP contribution in [0.4, 0.5) is 0 Å². The van der Waals surface area contributed by atoms with Crippen molar-refractivity contribution in [1.82, 2.24) is 24.8 Å². The second-order valence-electron chi connectivity index (χ2n) is 7.23. The molecule has 0 N–H and O–H groups in total. The lowest BCUT2D eigenvalue weighted by atomic mass is 10.1. The molecule has 152 valence electrons. The number of rotatable bonds is 6. The molecular formula is C23H23N5O2. The summed E-state index contributed by atoms with van der Waals surface area (Å²) < 4.78 is 7.31. The summed E-state index contributed by atoms with van der Waals surface area (Å²) in [5, 5.41) is 8.67. The first kappa shape index (κ1) is 19.6. The zero-order valence-electron chi connectivity index (χ0n) is 17.2. The van der Waals surface area contributed by atoms with Crippen LogP contribution in [0.15, 0.2) is 65.4 Å². The van der Waals surface area contributed by atoms with E-state index >= 15 is 0 Å². The Kier molecular flexibility index (Phi) is 5.43. The van der Waals surface area contributed by atoms with Gasteiger partial charge in [0.1, 0.15) is 11.5 Å². The van der Waals surface area contributed by atoms with Crippen LogP contribution < -0.4 is 0 Å². The molecule has 0 fully saturated rings. The van der Waals surface area contributed by atoms with E-state index in [4.69, 9.17) is 4.52 Å². The Morgan fingerprint density at radius 3 is 2.47 bits per heavy atom. The highest BCUT2D eigenvalue weighted by Gasteiger charge is 2.23. The zero-order chi connectivity index (χ0) is 21.1. The fourth-order valence-corrected chi connectivity index (χ4v) is 3.48. The van der Waals surface area contributed by atoms with Crippen molar-refractivity contribution in [3.63, 3.8) is 0 Å². The van der Waals surface area contributed by atoms with E-state index in [1.807, 2.05) is 57.3 Å². The molecule has 0 aliphatic carbocycles. The van der Waals surface area contributed by atoms with Crippen LogP contribution in [0.5, 0.6) is 0 Å². The average molecular weight is 401 g/mol. The van der Waals surface area contributed by atoms with E-state index in [9.17, 15) is 4.79 Å². The molecule has 3 aromatic heterocycles. The maximum Gasteiger partial charge on any atom is 0.254 e. The molecule has 0 saturated heterocycles. The fourth-order valence-electron chi connectivity index (χ4n) is 3.48. The number of amides is 1. The van der Waals surface area contributed by atoms with Gasteiger partial charge in [-0.1, -0.05) is 35.5 Å². The van der Waals surface area contributed by atoms with Gasteiger partial charge in [0.15, 0.2) is 0 Å². The molecule has 0 radical (unpaired) electrons. The third kappa shape index (κ3) is 4.00. The summed E-state index contributed by atoms with van der Waals surface area (Å²) >= 11 is 0. The first-order valence-corrected chi connectivity index (χ1v) is 9.72. The largest absolute Gasteiger partial charge is 0.361 e. The van der Waals surface area contributed by atoms with Gasteiger partial charge in [-0.25, -0.2) is 0 Å². The molecule has 1 aromatic carbocycles. The van der Waals surface area contributed by atoms with Gasteiger partial charge in [0, 0.05) is 36.1 Å². The molecular weight excluding hydrogens is 378 g/mol. The number of carbonyl (C=O) groups is 1. The lowest BCUT2D eigenvalue weighted by Gasteiger charge is -2.23. The Bertz CT molecular complexity index is 1150. The summed E-state index contributed by atoms with van der Waals surface area (Å²) in [6.45, 7) is 4.59. The van der Waals surface area contributed by atoms with Gasteiger partial charge in [-0.15, -0.1) is 0 Å². The standard InChI is InChI=1S/C23H23N5O2/c1-16-13-20(27(3)25-16)14-28(23(29)19-9-11-24-12-10-19)15-21-17(2)30-26-22(21)18-7-5-4-6-8-18/h4-13H,14-15H2,1-3H3. The molecule has 7 nitrogen and oxygen atoms in total. The van der Waals surface area contributed by atoms with Gasteiger partial charge in [0.05, 0.1) is 24.5 Å². The second kappa shape index (κ2) is 8.32. The van der Waals surface area contributed by atoms with E-state index in [1.54, 1.807) is 34.1 Å². The Morgan fingerprint density at radius 1 is 1.07 bits per heavy atom. The van der Waals surface area contributed by atoms with Crippen molar-refractivity contribution < 1.29 is 9.32 Å². The van der Waals surface area contributed by atoms with Gasteiger partial charge < -0.3 is 9.42 Å². The van der Waals surface area contributed by atoms with E-state index in [0.29, 0.717) is 24.4 Å². The number of hydrogen-bond acceptors (Lipinski definition) is 5. The summed E-state index contributed by atoms with van der Waals surface area (Å²) in [6.07, 6.45) is 3.25. The van der Waals surface area contributed by atoms with Crippen molar-refractivity contribution in [1.29, 1.82) is 0 Å². The Labute approximate surface area is 175 Å². The van der Waals surface area contributed by atoms with Crippen LogP contribution in [-0.2, 0) is 20.1 Å². The van der Waals surface area contributed by atoms with Crippen molar-refractivity contribution in [2.75, 3.05) is 0 Å². The third-order valence-corrected chi connectivity index (χ3v) is 5.05. The summed E-state index contributed by atoms with van der Waals surface area (Å²) in [5.74, 6) is 0.610. The molecule has 4 rings (SSSR count). The van der Waals surface area contributed by atoms with Crippen LogP contribution in [0.3, 0.4) is 0 Å². The first-order valence-electron chi connectivity index (χ1n) is 9.72. The zero-order valence-corrected chi connectivity index (χ0v) is 17.2. The molecule has 1 amide bonds. The first-order chi connectivity index (χ1) is 14.5. The summed E-state index contributed by atoms with van der Waals surface area (Å²) in [4.78, 5) is 19.2. The maximum atomic E-state index is 13.4. The minimum Gasteiger partial charge on any atom is -0.361 e. The Morgan fingerprint density at radius 2 is 1.80 bits per heavy atom. The van der Waals surface area contributed by atoms with Crippen LogP contribution in [0.25, 0.3) is 11.3 Å². The number of hydrogen-bond donors (Lipinski definition) is 0. The lowest BCUT2D eigenvalue weighted by molar-refractivity contribution is 0.0725. The van der Waals surface area contributed by atoms with E-state index in [2.05, 4.69) is 15.2 Å². The van der Waals surface area contributed by atoms with Crippen LogP contribution in [-0.4, -0.2) is 30.7 Å². The predicted molar refractivity (Wildman–Crippen MR) is 112 cm³/mol. The molecule has 0 aliphatic rings. The number of nitrogens with zero attached hydrogens (tertiary/aromatic N) is 5. The van der Waals surface area contributed by atoms with E-state index in [-0.39, 0.29) is 5.91 Å². The molecule has 0 saturated carbocycles. The van der Waals surface area contributed by atoms with Gasteiger partial charge in [-0.2, -0.15) is 5.10 Å². The average Bonchev–Trinajstić information content (AvgIpc) is 3.29. The number of benzene rings is 1. The van der Waals surface area contributed by atoms with Crippen molar-refractivity contribution >= 4 is 5.91 Å². The highest BCUT2D eigenvalue weighted by atomic mass is 16.5. The number of pyridine rings is 1. The van der Waals surface area contributed by atoms with E-state index < -0.39 is 0 Å². The highest BCUT2D eigenvalue weighted by molar-refractivity contribution is 5.94. The van der Waals surface area contributed by atoms with Gasteiger partial charge in [-0.3, -0.25) is 14.5 Å². The summed E-state index contributed by atoms with van der Waals surface area (Å²) in [7, 11) is 1.89. The molecule has 7 heteroatoms. The predicted octanol–water partition coefficient (Wildman–Crippen LogP) is 3.93. The van der Waals surface area contributed by atoms with Gasteiger partial charge in [-0.05, 0) is 32.0 Å². The minimum absolute atomic E-state index is 0.0872. The van der Waals surface area contributed by atoms with Crippen LogP contribution in [0.1, 0.15) is 33.1 Å². The van der Waals surface area contributed by atoms with Crippen LogP contribution in [0, 0.1) is 13.8 Å². The monoisotopic (exact) mass is 401 g/mol. The number of aromatic nitrogens is 4. The maximum absolute atomic E-state index is 13.4. The quantitative estimate of drug-likeness (QED) is 0.489. The Balaban J connectivity index is 1.71. The molecule has 0 aliphatic heterocycles. The van der Waals surface area contributed by atoms with Crippen molar-refractivity contribution in [3.05, 3.63) is 89.2 Å². The van der Waals surface area contributed by atoms with Crippen molar-refractivity contribution in [3.8, 4) is 11.3 Å². The molecule has 0 atom stereocenters. The topological polar surface area (TPSA) is 77.0 Å². The normalized spacial score (nSPS) is 10.9. The number of carbonyl (C=O) groups excluding carboxylic acids is 1. The van der Waals surface area contributed by atoms with Crippen LogP contribution >= 0.6 is 0 Å². The smallest absolute Gasteiger partial charge is 0.254 e. The van der Waals surface area contributed by atoms with Gasteiger partial charge in [0.2, 0.25) is 0 Å². The van der Waals surface area contributed by atoms with Crippen molar-refractivity contribution in [2.24, 2.45) is 7.05 Å². The highest BCUT2D eigenvalue weighted by Crippen LogP contribution is 2.27. The molecule has 0 bridgehead atoms. The third-order valence-electron chi connectivity index (χ3n) is 5.05. The van der Waals surface area contributed by atoms with E-state index in [0.717, 1.165) is 28.2 Å². The van der Waals surface area contributed by atoms with E-state index in [1.165, 1.54) is 0 Å². The molecule has 0 unspecified atom stereocenters. The Hall–Kier alpha value is -3.74. The van der Waals surface area contributed by atoms with Crippen molar-refractivity contribution in [2.45, 2.75) is 26.9 Å². The lowest BCUT2D eigenvalue weighted by Crippen LogP contribution is -2.31. The molecule has 0 spiro atoms. The van der Waals surface area contributed by atoms with Gasteiger partial charge >= 0.3 is 0 Å². The minimum atomic E-state index is -0.0872. The summed E-state index contributed by atoms with van der Waals surface area (Å²) in [5.41, 5.74) is 5.04. The molecule has 30 heavy (non-hydrogen) atoms. The molecule has 3 heterocycles. The van der Waals surface area contributed by atoms with Crippen LogP contribution in [0.2, 0.25) is 0 Å². The van der Waals surface area contributed by atoms with Gasteiger partial charge in [0.25, 0.3) is 5.91 Å². The second-order valence-corrected chi connectivity index (χ2v) is 7.23. The molecule has 4 aromatic rings. The fraction of sp³-hybridized carbons (Fsp3) is 0.217. The SMILES string of the molecule is Cc1cc(CN(Cc2c(-c3ccccc3)noc2C)C(=O)c2ccncc2)n(C)n1. The summed E-state index contributed by atoms with van der Waals surface area (Å²) in [6, 6.07) is 15.3. The number of aryl methyl sites for hydroxylation is 3.